The van der Waals surface area contributed by atoms with Crippen LogP contribution in [0.3, 0.4) is 0 Å². The zero-order chi connectivity index (χ0) is 16.7. The molecule has 23 heavy (non-hydrogen) atoms. The van der Waals surface area contributed by atoms with E-state index >= 15 is 0 Å². The zero-order valence-corrected chi connectivity index (χ0v) is 14.4. The molecule has 0 spiro atoms. The van der Waals surface area contributed by atoms with Crippen LogP contribution in [0.4, 0.5) is 5.82 Å². The van der Waals surface area contributed by atoms with Gasteiger partial charge in [-0.15, -0.1) is 0 Å². The molecule has 0 saturated carbocycles. The smallest absolute Gasteiger partial charge is 0.242 e. The van der Waals surface area contributed by atoms with E-state index in [9.17, 15) is 4.79 Å². The van der Waals surface area contributed by atoms with Gasteiger partial charge in [0, 0.05) is 45.4 Å². The molecule has 1 N–H and O–H groups in total. The van der Waals surface area contributed by atoms with Crippen molar-refractivity contribution in [1.82, 2.24) is 15.0 Å². The van der Waals surface area contributed by atoms with E-state index in [2.05, 4.69) is 20.3 Å². The quantitative estimate of drug-likeness (QED) is 0.728. The number of carbonyl (C=O) groups excluding carboxylic acids is 1. The second-order valence-corrected chi connectivity index (χ2v) is 5.81. The van der Waals surface area contributed by atoms with E-state index in [0.29, 0.717) is 11.6 Å². The average molecular weight is 324 g/mol. The summed E-state index contributed by atoms with van der Waals surface area (Å²) in [5.74, 6) is 1.17. The number of aryl methyl sites for hydroxylation is 1. The molecule has 0 radical (unpaired) electrons. The summed E-state index contributed by atoms with van der Waals surface area (Å²) < 4.78 is 10.4. The molecule has 1 amide bonds. The first-order valence-corrected chi connectivity index (χ1v) is 8.42. The summed E-state index contributed by atoms with van der Waals surface area (Å²) in [6, 6.07) is 1.61. The Kier molecular flexibility index (Phi) is 7.01. The van der Waals surface area contributed by atoms with Crippen LogP contribution in [-0.4, -0.2) is 72.8 Å². The van der Waals surface area contributed by atoms with E-state index in [0.717, 1.165) is 52.4 Å². The highest BCUT2D eigenvalue weighted by atomic mass is 16.5. The molecule has 1 atom stereocenters. The van der Waals surface area contributed by atoms with Crippen LogP contribution in [-0.2, 0) is 9.53 Å². The Morgan fingerprint density at radius 2 is 2.13 bits per heavy atom. The van der Waals surface area contributed by atoms with Crippen molar-refractivity contribution in [3.8, 4) is 0 Å². The number of rotatable bonds is 8. The van der Waals surface area contributed by atoms with E-state index in [1.165, 1.54) is 0 Å². The summed E-state index contributed by atoms with van der Waals surface area (Å²) in [7, 11) is 0. The maximum absolute atomic E-state index is 12.5. The fraction of sp³-hybridized carbons (Fsp3) is 0.750. The highest BCUT2D eigenvalue weighted by Crippen LogP contribution is 2.13. The normalized spacial score (nSPS) is 18.0. The number of nitrogens with one attached hydrogen (secondary N) is 1. The van der Waals surface area contributed by atoms with Gasteiger partial charge in [0.1, 0.15) is 5.76 Å². The molecule has 7 heteroatoms. The first kappa shape index (κ1) is 17.9. The predicted molar refractivity (Wildman–Crippen MR) is 88.5 cm³/mol. The van der Waals surface area contributed by atoms with E-state index in [4.69, 9.17) is 9.26 Å². The molecular formula is C16H28N4O3. The lowest BCUT2D eigenvalue weighted by atomic mass is 10.1. The van der Waals surface area contributed by atoms with Crippen LogP contribution < -0.4 is 5.32 Å². The number of ether oxygens (including phenoxy) is 1. The standard InChI is InChI=1S/C16H28N4O3/c1-4-14(16(21)17-15-12-13(3)23-18-15)20-8-6-19(7-9-20)10-11-22-5-2/h12,14H,4-11H2,1-3H3,(H,17,18,21). The van der Waals surface area contributed by atoms with Crippen molar-refractivity contribution in [2.24, 2.45) is 0 Å². The summed E-state index contributed by atoms with van der Waals surface area (Å²) in [4.78, 5) is 17.1. The van der Waals surface area contributed by atoms with Gasteiger partial charge in [-0.1, -0.05) is 12.1 Å². The highest BCUT2D eigenvalue weighted by Gasteiger charge is 2.28. The Bertz CT molecular complexity index is 483. The van der Waals surface area contributed by atoms with Crippen LogP contribution in [0, 0.1) is 6.92 Å². The van der Waals surface area contributed by atoms with Crippen molar-refractivity contribution in [3.05, 3.63) is 11.8 Å². The molecule has 0 aliphatic carbocycles. The molecule has 0 aromatic carbocycles. The number of hydrogen-bond donors (Lipinski definition) is 1. The van der Waals surface area contributed by atoms with Gasteiger partial charge in [-0.25, -0.2) is 0 Å². The van der Waals surface area contributed by atoms with Crippen LogP contribution in [0.15, 0.2) is 10.6 Å². The minimum atomic E-state index is -0.124. The number of aromatic nitrogens is 1. The van der Waals surface area contributed by atoms with Gasteiger partial charge in [0.15, 0.2) is 5.82 Å². The number of nitrogens with zero attached hydrogens (tertiary/aromatic N) is 3. The molecule has 1 aliphatic rings. The fourth-order valence-corrected chi connectivity index (χ4v) is 2.88. The molecule has 1 fully saturated rings. The third kappa shape index (κ3) is 5.30. The minimum absolute atomic E-state index is 0.0106. The summed E-state index contributed by atoms with van der Waals surface area (Å²) >= 11 is 0. The Morgan fingerprint density at radius 1 is 1.39 bits per heavy atom. The average Bonchev–Trinajstić information content (AvgIpc) is 2.95. The fourth-order valence-electron chi connectivity index (χ4n) is 2.88. The first-order chi connectivity index (χ1) is 11.1. The minimum Gasteiger partial charge on any atom is -0.380 e. The SMILES string of the molecule is CCOCCN1CCN(C(CC)C(=O)Nc2cc(C)on2)CC1. The molecule has 1 unspecified atom stereocenters. The Morgan fingerprint density at radius 3 is 2.70 bits per heavy atom. The molecule has 1 aromatic heterocycles. The third-order valence-corrected chi connectivity index (χ3v) is 4.17. The van der Waals surface area contributed by atoms with Crippen molar-refractivity contribution in [1.29, 1.82) is 0 Å². The number of piperazine rings is 1. The summed E-state index contributed by atoms with van der Waals surface area (Å²) in [6.45, 7) is 12.1. The maximum atomic E-state index is 12.5. The van der Waals surface area contributed by atoms with Crippen molar-refractivity contribution < 1.29 is 14.1 Å². The molecule has 2 heterocycles. The Labute approximate surface area is 137 Å². The summed E-state index contributed by atoms with van der Waals surface area (Å²) in [5.41, 5.74) is 0. The summed E-state index contributed by atoms with van der Waals surface area (Å²) in [6.07, 6.45) is 0.779. The molecular weight excluding hydrogens is 296 g/mol. The monoisotopic (exact) mass is 324 g/mol. The second-order valence-electron chi connectivity index (χ2n) is 5.81. The third-order valence-electron chi connectivity index (χ3n) is 4.17. The van der Waals surface area contributed by atoms with Crippen LogP contribution >= 0.6 is 0 Å². The largest absolute Gasteiger partial charge is 0.380 e. The second kappa shape index (κ2) is 9.00. The van der Waals surface area contributed by atoms with E-state index in [-0.39, 0.29) is 11.9 Å². The lowest BCUT2D eigenvalue weighted by Crippen LogP contribution is -2.54. The molecule has 1 aromatic rings. The van der Waals surface area contributed by atoms with Crippen LogP contribution in [0.2, 0.25) is 0 Å². The maximum Gasteiger partial charge on any atom is 0.242 e. The number of carbonyl (C=O) groups is 1. The van der Waals surface area contributed by atoms with Crippen molar-refractivity contribution >= 4 is 11.7 Å². The lowest BCUT2D eigenvalue weighted by Gasteiger charge is -2.38. The number of amides is 1. The van der Waals surface area contributed by atoms with Crippen molar-refractivity contribution in [3.63, 3.8) is 0 Å². The Balaban J connectivity index is 1.81. The van der Waals surface area contributed by atoms with Crippen molar-refractivity contribution in [2.75, 3.05) is 51.3 Å². The van der Waals surface area contributed by atoms with Gasteiger partial charge < -0.3 is 14.6 Å². The van der Waals surface area contributed by atoms with Gasteiger partial charge in [0.05, 0.1) is 12.6 Å². The van der Waals surface area contributed by atoms with Gasteiger partial charge >= 0.3 is 0 Å². The molecule has 2 rings (SSSR count). The van der Waals surface area contributed by atoms with Gasteiger partial charge in [-0.3, -0.25) is 14.6 Å². The zero-order valence-electron chi connectivity index (χ0n) is 14.4. The molecule has 130 valence electrons. The Hall–Kier alpha value is -1.44. The van der Waals surface area contributed by atoms with E-state index in [1.807, 2.05) is 13.8 Å². The number of anilines is 1. The molecule has 1 aliphatic heterocycles. The van der Waals surface area contributed by atoms with Crippen LogP contribution in [0.5, 0.6) is 0 Å². The van der Waals surface area contributed by atoms with Gasteiger partial charge in [0.25, 0.3) is 0 Å². The number of hydrogen-bond acceptors (Lipinski definition) is 6. The summed E-state index contributed by atoms with van der Waals surface area (Å²) in [5, 5.41) is 6.67. The van der Waals surface area contributed by atoms with Gasteiger partial charge in [-0.05, 0) is 20.3 Å². The van der Waals surface area contributed by atoms with Crippen LogP contribution in [0.1, 0.15) is 26.0 Å². The molecule has 0 bridgehead atoms. The van der Waals surface area contributed by atoms with Crippen molar-refractivity contribution in [2.45, 2.75) is 33.2 Å². The molecule has 7 nitrogen and oxygen atoms in total. The first-order valence-electron chi connectivity index (χ1n) is 8.42. The van der Waals surface area contributed by atoms with Crippen LogP contribution in [0.25, 0.3) is 0 Å². The predicted octanol–water partition coefficient (Wildman–Crippen LogP) is 1.35. The molecule has 1 saturated heterocycles. The lowest BCUT2D eigenvalue weighted by molar-refractivity contribution is -0.122. The highest BCUT2D eigenvalue weighted by molar-refractivity contribution is 5.93. The topological polar surface area (TPSA) is 70.8 Å². The van der Waals surface area contributed by atoms with E-state index < -0.39 is 0 Å². The van der Waals surface area contributed by atoms with Gasteiger partial charge in [0.2, 0.25) is 5.91 Å². The van der Waals surface area contributed by atoms with E-state index in [1.54, 1.807) is 13.0 Å². The van der Waals surface area contributed by atoms with Gasteiger partial charge in [-0.2, -0.15) is 0 Å².